The maximum atomic E-state index is 11.3. The molecule has 46 valence electrons. The molecule has 0 aromatic rings. The lowest BCUT2D eigenvalue weighted by atomic mass is 10.4. The van der Waals surface area contributed by atoms with Crippen LogP contribution in [0.5, 0.6) is 0 Å². The van der Waals surface area contributed by atoms with Crippen LogP contribution in [0.1, 0.15) is 0 Å². The van der Waals surface area contributed by atoms with E-state index in [1.165, 1.54) is 6.08 Å². The molecule has 8 heavy (non-hydrogen) atoms. The Labute approximate surface area is 64.7 Å². The molecule has 0 fully saturated rings. The van der Waals surface area contributed by atoms with Crippen LogP contribution in [0.15, 0.2) is 24.6 Å². The van der Waals surface area contributed by atoms with Crippen molar-refractivity contribution in [3.8, 4) is 0 Å². The predicted molar refractivity (Wildman–Crippen MR) is 41.0 cm³/mol. The number of alkyl halides is 2. The summed E-state index contributed by atoms with van der Waals surface area (Å²) in [6.45, 7) is 3.52. The van der Waals surface area contributed by atoms with E-state index in [4.69, 9.17) is 0 Å². The van der Waals surface area contributed by atoms with Crippen LogP contribution in [0.25, 0.3) is 0 Å². The van der Waals surface area contributed by atoms with Crippen molar-refractivity contribution in [2.24, 2.45) is 0 Å². The highest BCUT2D eigenvalue weighted by molar-refractivity contribution is 9.24. The Kier molecular flexibility index (Phi) is 4.47. The van der Waals surface area contributed by atoms with Crippen molar-refractivity contribution in [3.05, 3.63) is 24.6 Å². The quantitative estimate of drug-likeness (QED) is 0.517. The summed E-state index contributed by atoms with van der Waals surface area (Å²) in [6, 6.07) is 0. The van der Waals surface area contributed by atoms with Gasteiger partial charge < -0.3 is 0 Å². The van der Waals surface area contributed by atoms with Gasteiger partial charge in [-0.15, -0.1) is 0 Å². The minimum atomic E-state index is -0.0259. The van der Waals surface area contributed by atoms with Crippen LogP contribution in [-0.4, -0.2) is 3.74 Å². The third-order valence-electron chi connectivity index (χ3n) is 0.557. The highest BCUT2D eigenvalue weighted by atomic mass is 79.9. The SMILES string of the molecule is C=C(C=CF)C(Br)Br. The molecule has 0 aliphatic heterocycles. The molecule has 0 spiro atoms. The van der Waals surface area contributed by atoms with Gasteiger partial charge in [0.25, 0.3) is 0 Å². The Balaban J connectivity index is 3.66. The summed E-state index contributed by atoms with van der Waals surface area (Å²) in [5.41, 5.74) is 0.660. The average Bonchev–Trinajstić information content (AvgIpc) is 1.67. The van der Waals surface area contributed by atoms with Crippen LogP contribution in [-0.2, 0) is 0 Å². The third kappa shape index (κ3) is 3.38. The van der Waals surface area contributed by atoms with Gasteiger partial charge in [-0.1, -0.05) is 38.4 Å². The Bertz CT molecular complexity index is 107. The van der Waals surface area contributed by atoms with Gasteiger partial charge in [0.05, 0.1) is 10.1 Å². The molecule has 0 N–H and O–H groups in total. The first-order valence-corrected chi connectivity index (χ1v) is 3.75. The maximum absolute atomic E-state index is 11.3. The van der Waals surface area contributed by atoms with E-state index < -0.39 is 0 Å². The molecular formula is C5H5Br2F. The molecule has 0 bridgehead atoms. The van der Waals surface area contributed by atoms with Crippen LogP contribution in [0, 0.1) is 0 Å². The standard InChI is InChI=1S/C5H5Br2F/c1-4(2-3-8)5(6)7/h2-3,5H,1H2. The first-order valence-electron chi connectivity index (χ1n) is 1.92. The number of halogens is 3. The van der Waals surface area contributed by atoms with Gasteiger partial charge in [-0.2, -0.15) is 0 Å². The summed E-state index contributed by atoms with van der Waals surface area (Å²) in [7, 11) is 0. The Morgan fingerprint density at radius 1 is 1.62 bits per heavy atom. The Morgan fingerprint density at radius 3 is 2.25 bits per heavy atom. The summed E-state index contributed by atoms with van der Waals surface area (Å²) in [5.74, 6) is 0. The van der Waals surface area contributed by atoms with E-state index in [0.717, 1.165) is 0 Å². The van der Waals surface area contributed by atoms with Gasteiger partial charge in [0, 0.05) is 0 Å². The summed E-state index contributed by atoms with van der Waals surface area (Å²) in [5, 5.41) is 0. The number of hydrogen-bond donors (Lipinski definition) is 0. The second-order valence-corrected chi connectivity index (χ2v) is 4.23. The van der Waals surface area contributed by atoms with Gasteiger partial charge in [0.2, 0.25) is 0 Å². The molecule has 0 heterocycles. The normalized spacial score (nSPS) is 11.0. The van der Waals surface area contributed by atoms with Gasteiger partial charge in [0.15, 0.2) is 0 Å². The highest BCUT2D eigenvalue weighted by Gasteiger charge is 1.96. The monoisotopic (exact) mass is 242 g/mol. The number of allylic oxidation sites excluding steroid dienone is 2. The van der Waals surface area contributed by atoms with E-state index in [2.05, 4.69) is 38.4 Å². The third-order valence-corrected chi connectivity index (χ3v) is 1.73. The molecule has 0 atom stereocenters. The van der Waals surface area contributed by atoms with E-state index in [-0.39, 0.29) is 3.74 Å². The Morgan fingerprint density at radius 2 is 2.12 bits per heavy atom. The first kappa shape index (κ1) is 8.37. The van der Waals surface area contributed by atoms with Crippen LogP contribution in [0.3, 0.4) is 0 Å². The van der Waals surface area contributed by atoms with Crippen molar-refractivity contribution in [1.29, 1.82) is 0 Å². The zero-order chi connectivity index (χ0) is 6.57. The zero-order valence-corrected chi connectivity index (χ0v) is 7.25. The fourth-order valence-electron chi connectivity index (χ4n) is 0.154. The van der Waals surface area contributed by atoms with Crippen LogP contribution in [0.2, 0.25) is 0 Å². The van der Waals surface area contributed by atoms with Crippen molar-refractivity contribution in [1.82, 2.24) is 0 Å². The van der Waals surface area contributed by atoms with Gasteiger partial charge in [-0.05, 0) is 11.6 Å². The minimum Gasteiger partial charge on any atom is -0.216 e. The summed E-state index contributed by atoms with van der Waals surface area (Å²) < 4.78 is 11.3. The largest absolute Gasteiger partial charge is 0.216 e. The van der Waals surface area contributed by atoms with E-state index in [9.17, 15) is 4.39 Å². The number of hydrogen-bond acceptors (Lipinski definition) is 0. The lowest BCUT2D eigenvalue weighted by Crippen LogP contribution is -1.83. The summed E-state index contributed by atoms with van der Waals surface area (Å²) >= 11 is 6.28. The maximum Gasteiger partial charge on any atom is 0.0941 e. The van der Waals surface area contributed by atoms with Crippen molar-refractivity contribution >= 4 is 31.9 Å². The molecule has 0 saturated carbocycles. The summed E-state index contributed by atoms with van der Waals surface area (Å²) in [4.78, 5) is 0. The van der Waals surface area contributed by atoms with Crippen LogP contribution >= 0.6 is 31.9 Å². The first-order chi connectivity index (χ1) is 3.68. The van der Waals surface area contributed by atoms with E-state index in [0.29, 0.717) is 11.9 Å². The zero-order valence-electron chi connectivity index (χ0n) is 4.07. The molecule has 0 rings (SSSR count). The summed E-state index contributed by atoms with van der Waals surface area (Å²) in [6.07, 6.45) is 1.74. The molecule has 0 amide bonds. The molecule has 0 aromatic carbocycles. The van der Waals surface area contributed by atoms with Gasteiger partial charge in [-0.25, -0.2) is 4.39 Å². The van der Waals surface area contributed by atoms with Gasteiger partial charge in [0.1, 0.15) is 0 Å². The molecule has 0 aromatic heterocycles. The molecular weight excluding hydrogens is 239 g/mol. The van der Waals surface area contributed by atoms with E-state index in [1.54, 1.807) is 0 Å². The highest BCUT2D eigenvalue weighted by Crippen LogP contribution is 2.17. The lowest BCUT2D eigenvalue weighted by Gasteiger charge is -1.95. The molecule has 0 radical (unpaired) electrons. The predicted octanol–water partition coefficient (Wildman–Crippen LogP) is 3.14. The van der Waals surface area contributed by atoms with Gasteiger partial charge in [-0.3, -0.25) is 0 Å². The molecule has 0 aliphatic rings. The van der Waals surface area contributed by atoms with Gasteiger partial charge >= 0.3 is 0 Å². The molecule has 0 aliphatic carbocycles. The molecule has 0 saturated heterocycles. The topological polar surface area (TPSA) is 0 Å². The van der Waals surface area contributed by atoms with Crippen molar-refractivity contribution in [3.63, 3.8) is 0 Å². The lowest BCUT2D eigenvalue weighted by molar-refractivity contribution is 0.720. The minimum absolute atomic E-state index is 0.0259. The second kappa shape index (κ2) is 4.27. The van der Waals surface area contributed by atoms with Crippen molar-refractivity contribution in [2.45, 2.75) is 3.74 Å². The average molecular weight is 244 g/mol. The van der Waals surface area contributed by atoms with Crippen molar-refractivity contribution in [2.75, 3.05) is 0 Å². The van der Waals surface area contributed by atoms with Crippen molar-refractivity contribution < 1.29 is 4.39 Å². The molecule has 0 nitrogen and oxygen atoms in total. The second-order valence-electron chi connectivity index (χ2n) is 1.17. The molecule has 0 unspecified atom stereocenters. The fourth-order valence-corrected chi connectivity index (χ4v) is 0.459. The smallest absolute Gasteiger partial charge is 0.0941 e. The van der Waals surface area contributed by atoms with E-state index in [1.807, 2.05) is 0 Å². The van der Waals surface area contributed by atoms with Crippen LogP contribution < -0.4 is 0 Å². The molecule has 3 heteroatoms. The fraction of sp³-hybridized carbons (Fsp3) is 0.200. The Hall–Kier alpha value is 0.370. The number of rotatable bonds is 2. The van der Waals surface area contributed by atoms with Crippen LogP contribution in [0.4, 0.5) is 4.39 Å². The van der Waals surface area contributed by atoms with E-state index >= 15 is 0 Å².